The Morgan fingerprint density at radius 3 is 2.72 bits per heavy atom. The monoisotopic (exact) mass is 340 g/mol. The summed E-state index contributed by atoms with van der Waals surface area (Å²) in [5.41, 5.74) is 6.04. The fourth-order valence-corrected chi connectivity index (χ4v) is 3.35. The van der Waals surface area contributed by atoms with E-state index in [1.165, 1.54) is 22.3 Å². The molecular weight excluding hydrogens is 312 g/mol. The van der Waals surface area contributed by atoms with Crippen LogP contribution in [0, 0.1) is 13.8 Å². The molecule has 0 spiro atoms. The number of aromatic nitrogens is 2. The summed E-state index contributed by atoms with van der Waals surface area (Å²) in [6, 6.07) is 7.18. The highest BCUT2D eigenvalue weighted by atomic mass is 16.1. The molecule has 0 saturated carbocycles. The molecule has 134 valence electrons. The third-order valence-electron chi connectivity index (χ3n) is 5.16. The third-order valence-corrected chi connectivity index (χ3v) is 5.16. The molecule has 25 heavy (non-hydrogen) atoms. The lowest BCUT2D eigenvalue weighted by atomic mass is 10.0. The van der Waals surface area contributed by atoms with E-state index in [9.17, 15) is 4.79 Å². The van der Waals surface area contributed by atoms with Crippen LogP contribution in [0.5, 0.6) is 0 Å². The van der Waals surface area contributed by atoms with E-state index in [1.54, 1.807) is 0 Å². The Hall–Kier alpha value is -2.14. The molecule has 3 rings (SSSR count). The van der Waals surface area contributed by atoms with Crippen molar-refractivity contribution in [1.29, 1.82) is 0 Å². The van der Waals surface area contributed by atoms with Crippen LogP contribution in [-0.4, -0.2) is 39.6 Å². The molecule has 0 aliphatic carbocycles. The molecular formula is C20H28N4O. The quantitative estimate of drug-likeness (QED) is 0.849. The second-order valence-corrected chi connectivity index (χ2v) is 7.40. The number of carbonyl (C=O) groups is 1. The lowest BCUT2D eigenvalue weighted by molar-refractivity contribution is -0.119. The molecule has 1 fully saturated rings. The summed E-state index contributed by atoms with van der Waals surface area (Å²) in [7, 11) is 0. The van der Waals surface area contributed by atoms with Crippen LogP contribution in [-0.2, 0) is 11.3 Å². The normalized spacial score (nSPS) is 17.5. The van der Waals surface area contributed by atoms with Crippen molar-refractivity contribution < 1.29 is 4.79 Å². The van der Waals surface area contributed by atoms with Crippen molar-refractivity contribution in [3.63, 3.8) is 0 Å². The smallest absolute Gasteiger partial charge is 0.220 e. The molecule has 1 aliphatic rings. The van der Waals surface area contributed by atoms with Crippen molar-refractivity contribution in [3.05, 3.63) is 41.1 Å². The third kappa shape index (κ3) is 4.10. The number of amides is 1. The van der Waals surface area contributed by atoms with E-state index in [4.69, 9.17) is 0 Å². The summed E-state index contributed by atoms with van der Waals surface area (Å²) in [6.45, 7) is 10.4. The van der Waals surface area contributed by atoms with Gasteiger partial charge in [-0.3, -0.25) is 14.8 Å². The highest BCUT2D eigenvalue weighted by Gasteiger charge is 2.25. The van der Waals surface area contributed by atoms with Crippen LogP contribution in [0.25, 0.3) is 11.3 Å². The van der Waals surface area contributed by atoms with Gasteiger partial charge in [0.1, 0.15) is 0 Å². The van der Waals surface area contributed by atoms with E-state index in [0.717, 1.165) is 25.2 Å². The van der Waals surface area contributed by atoms with Crippen LogP contribution in [0.4, 0.5) is 0 Å². The molecule has 2 N–H and O–H groups in total. The standard InChI is InChI=1S/C20H28N4O/c1-13(2)24(12-18-7-8-19(25)22-18)11-17-10-21-23-20(17)16-6-5-14(3)15(4)9-16/h5-6,9-10,13,18H,7-8,11-12H2,1-4H3,(H,21,23)(H,22,25)/t18-/m0/s1. The number of carbonyl (C=O) groups excluding carboxylic acids is 1. The first-order chi connectivity index (χ1) is 11.9. The highest BCUT2D eigenvalue weighted by Crippen LogP contribution is 2.25. The van der Waals surface area contributed by atoms with Crippen LogP contribution >= 0.6 is 0 Å². The average molecular weight is 340 g/mol. The number of aromatic amines is 1. The number of benzene rings is 1. The topological polar surface area (TPSA) is 61.0 Å². The van der Waals surface area contributed by atoms with Gasteiger partial charge in [-0.25, -0.2) is 0 Å². The number of aryl methyl sites for hydroxylation is 2. The van der Waals surface area contributed by atoms with Gasteiger partial charge in [-0.1, -0.05) is 12.1 Å². The van der Waals surface area contributed by atoms with Crippen molar-refractivity contribution in [1.82, 2.24) is 20.4 Å². The lowest BCUT2D eigenvalue weighted by Crippen LogP contribution is -2.41. The largest absolute Gasteiger partial charge is 0.352 e. The molecule has 1 aromatic carbocycles. The number of rotatable bonds is 6. The van der Waals surface area contributed by atoms with Gasteiger partial charge < -0.3 is 5.32 Å². The number of nitrogens with one attached hydrogen (secondary N) is 2. The summed E-state index contributed by atoms with van der Waals surface area (Å²) in [5, 5.41) is 10.5. The zero-order valence-electron chi connectivity index (χ0n) is 15.6. The van der Waals surface area contributed by atoms with Crippen molar-refractivity contribution >= 4 is 5.91 Å². The molecule has 0 radical (unpaired) electrons. The predicted molar refractivity (Wildman–Crippen MR) is 100 cm³/mol. The van der Waals surface area contributed by atoms with Crippen LogP contribution in [0.2, 0.25) is 0 Å². The van der Waals surface area contributed by atoms with E-state index in [1.807, 2.05) is 6.20 Å². The van der Waals surface area contributed by atoms with Crippen LogP contribution in [0.15, 0.2) is 24.4 Å². The first kappa shape index (κ1) is 17.7. The maximum Gasteiger partial charge on any atom is 0.220 e. The minimum Gasteiger partial charge on any atom is -0.352 e. The summed E-state index contributed by atoms with van der Waals surface area (Å²) in [4.78, 5) is 13.9. The molecule has 5 nitrogen and oxygen atoms in total. The van der Waals surface area contributed by atoms with Crippen molar-refractivity contribution in [2.45, 2.75) is 59.2 Å². The molecule has 1 atom stereocenters. The molecule has 1 amide bonds. The Kier molecular flexibility index (Phi) is 5.23. The molecule has 0 unspecified atom stereocenters. The maximum absolute atomic E-state index is 11.5. The molecule has 5 heteroatoms. The Morgan fingerprint density at radius 1 is 1.28 bits per heavy atom. The van der Waals surface area contributed by atoms with Gasteiger partial charge in [-0.2, -0.15) is 5.10 Å². The van der Waals surface area contributed by atoms with Crippen LogP contribution in [0.3, 0.4) is 0 Å². The SMILES string of the molecule is Cc1ccc(-c2[nH]ncc2CN(C[C@@H]2CCC(=O)N2)C(C)C)cc1C. The van der Waals surface area contributed by atoms with Gasteiger partial charge in [0, 0.05) is 42.7 Å². The number of hydrogen-bond acceptors (Lipinski definition) is 3. The van der Waals surface area contributed by atoms with Crippen molar-refractivity contribution in [2.24, 2.45) is 0 Å². The fourth-order valence-electron chi connectivity index (χ4n) is 3.35. The van der Waals surface area contributed by atoms with Gasteiger partial charge in [0.05, 0.1) is 11.9 Å². The summed E-state index contributed by atoms with van der Waals surface area (Å²) < 4.78 is 0. The zero-order valence-corrected chi connectivity index (χ0v) is 15.6. The van der Waals surface area contributed by atoms with Crippen molar-refractivity contribution in [3.8, 4) is 11.3 Å². The number of nitrogens with zero attached hydrogens (tertiary/aromatic N) is 2. The Bertz CT molecular complexity index is 750. The Balaban J connectivity index is 1.78. The summed E-state index contributed by atoms with van der Waals surface area (Å²) >= 11 is 0. The first-order valence-electron chi connectivity index (χ1n) is 9.07. The Labute approximate surface area is 149 Å². The van der Waals surface area contributed by atoms with Gasteiger partial charge in [0.25, 0.3) is 0 Å². The predicted octanol–water partition coefficient (Wildman–Crippen LogP) is 3.18. The van der Waals surface area contributed by atoms with E-state index in [2.05, 4.69) is 66.3 Å². The minimum atomic E-state index is 0.174. The molecule has 1 aromatic heterocycles. The van der Waals surface area contributed by atoms with Crippen LogP contribution < -0.4 is 5.32 Å². The summed E-state index contributed by atoms with van der Waals surface area (Å²) in [6.07, 6.45) is 3.50. The minimum absolute atomic E-state index is 0.174. The number of hydrogen-bond donors (Lipinski definition) is 2. The first-order valence-corrected chi connectivity index (χ1v) is 9.07. The van der Waals surface area contributed by atoms with Crippen molar-refractivity contribution in [2.75, 3.05) is 6.54 Å². The highest BCUT2D eigenvalue weighted by molar-refractivity contribution is 5.78. The second-order valence-electron chi connectivity index (χ2n) is 7.40. The van der Waals surface area contributed by atoms with E-state index in [-0.39, 0.29) is 11.9 Å². The number of H-pyrrole nitrogens is 1. The molecule has 2 heterocycles. The van der Waals surface area contributed by atoms with Crippen LogP contribution in [0.1, 0.15) is 43.4 Å². The van der Waals surface area contributed by atoms with Gasteiger partial charge >= 0.3 is 0 Å². The molecule has 2 aromatic rings. The maximum atomic E-state index is 11.5. The molecule has 1 saturated heterocycles. The molecule has 1 aliphatic heterocycles. The van der Waals surface area contributed by atoms with E-state index < -0.39 is 0 Å². The van der Waals surface area contributed by atoms with Gasteiger partial charge in [0.2, 0.25) is 5.91 Å². The van der Waals surface area contributed by atoms with Gasteiger partial charge in [0.15, 0.2) is 0 Å². The fraction of sp³-hybridized carbons (Fsp3) is 0.500. The second kappa shape index (κ2) is 7.40. The lowest BCUT2D eigenvalue weighted by Gasteiger charge is -2.29. The molecule has 0 bridgehead atoms. The van der Waals surface area contributed by atoms with Gasteiger partial charge in [-0.05, 0) is 51.3 Å². The van der Waals surface area contributed by atoms with Gasteiger partial charge in [-0.15, -0.1) is 0 Å². The Morgan fingerprint density at radius 2 is 2.08 bits per heavy atom. The van der Waals surface area contributed by atoms with E-state index >= 15 is 0 Å². The summed E-state index contributed by atoms with van der Waals surface area (Å²) in [5.74, 6) is 0.174. The average Bonchev–Trinajstić information content (AvgIpc) is 3.18. The van der Waals surface area contributed by atoms with E-state index in [0.29, 0.717) is 12.5 Å². The zero-order chi connectivity index (χ0) is 18.0.